The fourth-order valence-corrected chi connectivity index (χ4v) is 1.98. The van der Waals surface area contributed by atoms with Gasteiger partial charge in [-0.3, -0.25) is 9.59 Å². The Balaban J connectivity index is 1.85. The van der Waals surface area contributed by atoms with Crippen LogP contribution in [0.3, 0.4) is 0 Å². The number of amides is 2. The minimum atomic E-state index is -0.463. The van der Waals surface area contributed by atoms with Crippen molar-refractivity contribution in [3.63, 3.8) is 0 Å². The van der Waals surface area contributed by atoms with E-state index in [4.69, 9.17) is 10.5 Å². The first-order chi connectivity index (χ1) is 10.6. The molecule has 3 N–H and O–H groups in total. The summed E-state index contributed by atoms with van der Waals surface area (Å²) in [6.07, 6.45) is 0.309. The van der Waals surface area contributed by atoms with E-state index in [9.17, 15) is 9.59 Å². The molecule has 0 spiro atoms. The molecule has 0 saturated heterocycles. The Bertz CT molecular complexity index is 649. The van der Waals surface area contributed by atoms with Gasteiger partial charge >= 0.3 is 0 Å². The van der Waals surface area contributed by atoms with Gasteiger partial charge in [0.1, 0.15) is 5.75 Å². The predicted molar refractivity (Wildman–Crippen MR) is 83.5 cm³/mol. The Morgan fingerprint density at radius 1 is 1.00 bits per heavy atom. The molecule has 2 rings (SSSR count). The number of carbonyl (C=O) groups excluding carboxylic acids is 2. The fourth-order valence-electron chi connectivity index (χ4n) is 1.98. The van der Waals surface area contributed by atoms with E-state index in [2.05, 4.69) is 5.32 Å². The molecule has 114 valence electrons. The lowest BCUT2D eigenvalue weighted by Crippen LogP contribution is -2.24. The van der Waals surface area contributed by atoms with E-state index in [0.717, 1.165) is 16.9 Å². The molecule has 0 saturated carbocycles. The Morgan fingerprint density at radius 2 is 1.59 bits per heavy atom. The number of ether oxygens (including phenoxy) is 1. The van der Waals surface area contributed by atoms with Crippen LogP contribution in [0.15, 0.2) is 48.5 Å². The molecule has 2 aromatic carbocycles. The Morgan fingerprint density at radius 3 is 2.14 bits per heavy atom. The van der Waals surface area contributed by atoms with E-state index in [1.54, 1.807) is 31.4 Å². The van der Waals surface area contributed by atoms with Crippen molar-refractivity contribution >= 4 is 11.8 Å². The molecule has 0 fully saturated rings. The van der Waals surface area contributed by atoms with Gasteiger partial charge in [0.25, 0.3) is 0 Å². The Kier molecular flexibility index (Phi) is 5.14. The van der Waals surface area contributed by atoms with Gasteiger partial charge in [-0.25, -0.2) is 0 Å². The van der Waals surface area contributed by atoms with Gasteiger partial charge in [0.2, 0.25) is 11.8 Å². The van der Waals surface area contributed by atoms with E-state index in [0.29, 0.717) is 18.5 Å². The van der Waals surface area contributed by atoms with Crippen LogP contribution in [-0.2, 0) is 17.8 Å². The van der Waals surface area contributed by atoms with Crippen molar-refractivity contribution in [2.75, 3.05) is 7.11 Å². The van der Waals surface area contributed by atoms with Crippen molar-refractivity contribution in [2.24, 2.45) is 5.73 Å². The highest BCUT2D eigenvalue weighted by atomic mass is 16.5. The van der Waals surface area contributed by atoms with Crippen LogP contribution >= 0.6 is 0 Å². The van der Waals surface area contributed by atoms with Crippen molar-refractivity contribution in [3.8, 4) is 5.75 Å². The van der Waals surface area contributed by atoms with Crippen LogP contribution in [0.1, 0.15) is 21.5 Å². The monoisotopic (exact) mass is 298 g/mol. The number of methoxy groups -OCH3 is 1. The summed E-state index contributed by atoms with van der Waals surface area (Å²) >= 11 is 0. The van der Waals surface area contributed by atoms with E-state index in [1.165, 1.54) is 0 Å². The van der Waals surface area contributed by atoms with Crippen LogP contribution in [0.25, 0.3) is 0 Å². The maximum Gasteiger partial charge on any atom is 0.248 e. The summed E-state index contributed by atoms with van der Waals surface area (Å²) in [5.74, 6) is 0.234. The minimum absolute atomic E-state index is 0.0656. The zero-order chi connectivity index (χ0) is 15.9. The molecule has 0 atom stereocenters. The third-order valence-corrected chi connectivity index (χ3v) is 3.25. The third-order valence-electron chi connectivity index (χ3n) is 3.25. The molecule has 0 unspecified atom stereocenters. The molecule has 0 bridgehead atoms. The molecular formula is C17H18N2O3. The maximum absolute atomic E-state index is 11.9. The van der Waals surface area contributed by atoms with Crippen LogP contribution in [0, 0.1) is 0 Å². The molecule has 0 aliphatic rings. The first-order valence-corrected chi connectivity index (χ1v) is 6.87. The summed E-state index contributed by atoms with van der Waals surface area (Å²) in [5, 5.41) is 2.84. The summed E-state index contributed by atoms with van der Waals surface area (Å²) in [5.41, 5.74) is 7.46. The number of benzene rings is 2. The molecule has 2 amide bonds. The first kappa shape index (κ1) is 15.6. The predicted octanol–water partition coefficient (Wildman–Crippen LogP) is 1.65. The highest BCUT2D eigenvalue weighted by Crippen LogP contribution is 2.11. The van der Waals surface area contributed by atoms with Gasteiger partial charge in [0.05, 0.1) is 13.5 Å². The lowest BCUT2D eigenvalue weighted by molar-refractivity contribution is -0.120. The smallest absolute Gasteiger partial charge is 0.248 e. The molecule has 22 heavy (non-hydrogen) atoms. The molecule has 2 aromatic rings. The highest BCUT2D eigenvalue weighted by Gasteiger charge is 2.04. The summed E-state index contributed by atoms with van der Waals surface area (Å²) in [6.45, 7) is 0.411. The molecule has 0 aromatic heterocycles. The first-order valence-electron chi connectivity index (χ1n) is 6.87. The van der Waals surface area contributed by atoms with Gasteiger partial charge in [-0.1, -0.05) is 24.3 Å². The van der Waals surface area contributed by atoms with Gasteiger partial charge < -0.3 is 15.8 Å². The SMILES string of the molecule is COc1ccc(CC(=O)NCc2ccc(C(N)=O)cc2)cc1. The normalized spacial score (nSPS) is 10.0. The van der Waals surface area contributed by atoms with E-state index >= 15 is 0 Å². The zero-order valence-electron chi connectivity index (χ0n) is 12.3. The Labute approximate surface area is 129 Å². The van der Waals surface area contributed by atoms with E-state index in [1.807, 2.05) is 24.3 Å². The number of primary amides is 1. The van der Waals surface area contributed by atoms with Gasteiger partial charge in [-0.15, -0.1) is 0 Å². The van der Waals surface area contributed by atoms with Crippen molar-refractivity contribution in [1.29, 1.82) is 0 Å². The number of hydrogen-bond acceptors (Lipinski definition) is 3. The fraction of sp³-hybridized carbons (Fsp3) is 0.176. The number of hydrogen-bond donors (Lipinski definition) is 2. The number of carbonyl (C=O) groups is 2. The molecular weight excluding hydrogens is 280 g/mol. The largest absolute Gasteiger partial charge is 0.497 e. The van der Waals surface area contributed by atoms with Crippen molar-refractivity contribution in [2.45, 2.75) is 13.0 Å². The van der Waals surface area contributed by atoms with Crippen LogP contribution in [0.4, 0.5) is 0 Å². The maximum atomic E-state index is 11.9. The second kappa shape index (κ2) is 7.26. The topological polar surface area (TPSA) is 81.4 Å². The number of nitrogens with one attached hydrogen (secondary N) is 1. The molecule has 5 nitrogen and oxygen atoms in total. The average Bonchev–Trinajstić information content (AvgIpc) is 2.54. The lowest BCUT2D eigenvalue weighted by Gasteiger charge is -2.07. The third kappa shape index (κ3) is 4.34. The van der Waals surface area contributed by atoms with Gasteiger partial charge in [-0.05, 0) is 35.4 Å². The summed E-state index contributed by atoms with van der Waals surface area (Å²) in [7, 11) is 1.60. The highest BCUT2D eigenvalue weighted by molar-refractivity contribution is 5.92. The van der Waals surface area contributed by atoms with Gasteiger partial charge in [-0.2, -0.15) is 0 Å². The standard InChI is InChI=1S/C17H18N2O3/c1-22-15-8-4-12(5-9-15)10-16(20)19-11-13-2-6-14(7-3-13)17(18)21/h2-9H,10-11H2,1H3,(H2,18,21)(H,19,20). The zero-order valence-corrected chi connectivity index (χ0v) is 12.3. The average molecular weight is 298 g/mol. The van der Waals surface area contributed by atoms with Crippen molar-refractivity contribution in [1.82, 2.24) is 5.32 Å². The molecule has 0 radical (unpaired) electrons. The minimum Gasteiger partial charge on any atom is -0.497 e. The number of rotatable bonds is 6. The van der Waals surface area contributed by atoms with Crippen LogP contribution < -0.4 is 15.8 Å². The van der Waals surface area contributed by atoms with Crippen LogP contribution in [-0.4, -0.2) is 18.9 Å². The summed E-state index contributed by atoms with van der Waals surface area (Å²) in [6, 6.07) is 14.2. The van der Waals surface area contributed by atoms with Crippen molar-refractivity contribution < 1.29 is 14.3 Å². The van der Waals surface area contributed by atoms with Gasteiger partial charge in [0.15, 0.2) is 0 Å². The summed E-state index contributed by atoms with van der Waals surface area (Å²) < 4.78 is 5.07. The van der Waals surface area contributed by atoms with E-state index in [-0.39, 0.29) is 5.91 Å². The summed E-state index contributed by atoms with van der Waals surface area (Å²) in [4.78, 5) is 22.9. The second-order valence-corrected chi connectivity index (χ2v) is 4.86. The second-order valence-electron chi connectivity index (χ2n) is 4.86. The molecule has 0 aliphatic heterocycles. The van der Waals surface area contributed by atoms with Crippen LogP contribution in [0.5, 0.6) is 5.75 Å². The van der Waals surface area contributed by atoms with Crippen molar-refractivity contribution in [3.05, 3.63) is 65.2 Å². The van der Waals surface area contributed by atoms with Crippen LogP contribution in [0.2, 0.25) is 0 Å². The molecule has 0 heterocycles. The molecule has 0 aliphatic carbocycles. The van der Waals surface area contributed by atoms with Gasteiger partial charge in [0, 0.05) is 12.1 Å². The van der Waals surface area contributed by atoms with E-state index < -0.39 is 5.91 Å². The molecule has 5 heteroatoms. The number of nitrogens with two attached hydrogens (primary N) is 1. The quantitative estimate of drug-likeness (QED) is 0.851. The Hall–Kier alpha value is -2.82. The lowest BCUT2D eigenvalue weighted by atomic mass is 10.1.